The van der Waals surface area contributed by atoms with E-state index in [2.05, 4.69) is 5.32 Å². The molecule has 2 aromatic carbocycles. The highest BCUT2D eigenvalue weighted by molar-refractivity contribution is 6.05. The van der Waals surface area contributed by atoms with Gasteiger partial charge in [0.15, 0.2) is 0 Å². The third-order valence-corrected chi connectivity index (χ3v) is 3.16. The summed E-state index contributed by atoms with van der Waals surface area (Å²) in [5.41, 5.74) is -1.86. The molecule has 25 heavy (non-hydrogen) atoms. The Balaban J connectivity index is 2.28. The maximum Gasteiger partial charge on any atom is 0.416 e. The number of nitrogens with one attached hydrogen (secondary N) is 1. The maximum atomic E-state index is 12.5. The fourth-order valence-electron chi connectivity index (χ4n) is 1.96. The second-order valence-corrected chi connectivity index (χ2v) is 4.94. The first-order valence-corrected chi connectivity index (χ1v) is 6.68. The molecule has 0 saturated heterocycles. The molecule has 2 rings (SSSR count). The van der Waals surface area contributed by atoms with E-state index in [1.165, 1.54) is 0 Å². The lowest BCUT2D eigenvalue weighted by Crippen LogP contribution is -2.14. The topological polar surface area (TPSA) is 104 Å². The number of hydrogen-bond donors (Lipinski definition) is 3. The van der Waals surface area contributed by atoms with Gasteiger partial charge >= 0.3 is 18.1 Å². The Morgan fingerprint density at radius 3 is 1.68 bits per heavy atom. The number of benzene rings is 2. The van der Waals surface area contributed by atoms with E-state index in [1.807, 2.05) is 0 Å². The van der Waals surface area contributed by atoms with Gasteiger partial charge in [0.1, 0.15) is 0 Å². The van der Waals surface area contributed by atoms with Crippen LogP contribution in [0.25, 0.3) is 0 Å². The van der Waals surface area contributed by atoms with Crippen molar-refractivity contribution in [2.45, 2.75) is 6.18 Å². The molecule has 6 nitrogen and oxygen atoms in total. The van der Waals surface area contributed by atoms with Crippen molar-refractivity contribution >= 4 is 23.5 Å². The van der Waals surface area contributed by atoms with Gasteiger partial charge in [0.05, 0.1) is 16.7 Å². The highest BCUT2D eigenvalue weighted by Crippen LogP contribution is 2.29. The van der Waals surface area contributed by atoms with Crippen molar-refractivity contribution in [2.24, 2.45) is 0 Å². The molecule has 0 saturated carbocycles. The van der Waals surface area contributed by atoms with Crippen molar-refractivity contribution in [3.63, 3.8) is 0 Å². The number of carbonyl (C=O) groups excluding carboxylic acids is 1. The predicted octanol–water partition coefficient (Wildman–Crippen LogP) is 3.35. The molecule has 0 fully saturated rings. The maximum absolute atomic E-state index is 12.5. The van der Waals surface area contributed by atoms with Crippen molar-refractivity contribution < 1.29 is 37.8 Å². The minimum atomic E-state index is -4.54. The molecule has 0 bridgehead atoms. The van der Waals surface area contributed by atoms with E-state index >= 15 is 0 Å². The number of rotatable bonds is 4. The van der Waals surface area contributed by atoms with Gasteiger partial charge in [0.25, 0.3) is 5.91 Å². The Labute approximate surface area is 138 Å². The second-order valence-electron chi connectivity index (χ2n) is 4.94. The van der Waals surface area contributed by atoms with Crippen LogP contribution in [-0.2, 0) is 6.18 Å². The van der Waals surface area contributed by atoms with E-state index in [-0.39, 0.29) is 22.4 Å². The van der Waals surface area contributed by atoms with Crippen molar-refractivity contribution in [1.29, 1.82) is 0 Å². The molecule has 2 aromatic rings. The van der Waals surface area contributed by atoms with Gasteiger partial charge in [-0.1, -0.05) is 0 Å². The zero-order valence-corrected chi connectivity index (χ0v) is 12.3. The van der Waals surface area contributed by atoms with Gasteiger partial charge < -0.3 is 15.5 Å². The Morgan fingerprint density at radius 1 is 0.800 bits per heavy atom. The number of carboxylic acids is 2. The van der Waals surface area contributed by atoms with Crippen molar-refractivity contribution in [3.05, 3.63) is 64.7 Å². The molecule has 9 heteroatoms. The first-order valence-electron chi connectivity index (χ1n) is 6.68. The first kappa shape index (κ1) is 18.0. The molecule has 0 radical (unpaired) electrons. The van der Waals surface area contributed by atoms with Gasteiger partial charge in [-0.05, 0) is 42.5 Å². The number of anilines is 1. The third kappa shape index (κ3) is 4.34. The summed E-state index contributed by atoms with van der Waals surface area (Å²) in [7, 11) is 0. The van der Waals surface area contributed by atoms with Crippen molar-refractivity contribution in [2.75, 3.05) is 5.32 Å². The average Bonchev–Trinajstić information content (AvgIpc) is 2.53. The molecule has 0 heterocycles. The molecule has 1 amide bonds. The quantitative estimate of drug-likeness (QED) is 0.782. The summed E-state index contributed by atoms with van der Waals surface area (Å²) in [5.74, 6) is -3.60. The summed E-state index contributed by atoms with van der Waals surface area (Å²) < 4.78 is 37.5. The van der Waals surface area contributed by atoms with Crippen LogP contribution in [0.5, 0.6) is 0 Å². The van der Waals surface area contributed by atoms with Gasteiger partial charge in [-0.2, -0.15) is 13.2 Å². The lowest BCUT2D eigenvalue weighted by Gasteiger charge is -2.09. The van der Waals surface area contributed by atoms with E-state index in [0.29, 0.717) is 0 Å². The molecule has 0 spiro atoms. The molecule has 3 N–H and O–H groups in total. The Bertz CT molecular complexity index is 812. The number of halogens is 3. The molecule has 130 valence electrons. The van der Waals surface area contributed by atoms with Crippen LogP contribution in [0.2, 0.25) is 0 Å². The van der Waals surface area contributed by atoms with Crippen molar-refractivity contribution in [1.82, 2.24) is 0 Å². The largest absolute Gasteiger partial charge is 0.478 e. The van der Waals surface area contributed by atoms with Crippen LogP contribution in [0.15, 0.2) is 42.5 Å². The van der Waals surface area contributed by atoms with Gasteiger partial charge in [-0.15, -0.1) is 0 Å². The summed E-state index contributed by atoms with van der Waals surface area (Å²) in [6.07, 6.45) is -4.54. The molecule has 0 aliphatic rings. The smallest absolute Gasteiger partial charge is 0.416 e. The number of hydrogen-bond acceptors (Lipinski definition) is 3. The number of carboxylic acid groups (broad SMARTS) is 2. The molecule has 0 unspecified atom stereocenters. The van der Waals surface area contributed by atoms with E-state index in [4.69, 9.17) is 10.2 Å². The Morgan fingerprint density at radius 2 is 1.28 bits per heavy atom. The minimum Gasteiger partial charge on any atom is -0.478 e. The number of aromatic carboxylic acids is 2. The third-order valence-electron chi connectivity index (χ3n) is 3.16. The number of amides is 1. The minimum absolute atomic E-state index is 0.106. The van der Waals surface area contributed by atoms with Gasteiger partial charge in [-0.3, -0.25) is 4.79 Å². The summed E-state index contributed by atoms with van der Waals surface area (Å²) in [5, 5.41) is 20.2. The SMILES string of the molecule is O=C(O)c1cc(NC(=O)c2ccc(C(F)(F)F)cc2)cc(C(=O)O)c1. The van der Waals surface area contributed by atoms with Crippen LogP contribution >= 0.6 is 0 Å². The number of alkyl halides is 3. The molecular weight excluding hydrogens is 343 g/mol. The normalized spacial score (nSPS) is 11.0. The second kappa shape index (κ2) is 6.63. The van der Waals surface area contributed by atoms with Crippen LogP contribution in [0, 0.1) is 0 Å². The lowest BCUT2D eigenvalue weighted by atomic mass is 10.1. The summed E-state index contributed by atoms with van der Waals surface area (Å²) in [4.78, 5) is 34.1. The first-order chi connectivity index (χ1) is 11.6. The Kier molecular flexibility index (Phi) is 4.77. The molecule has 0 atom stereocenters. The zero-order chi connectivity index (χ0) is 18.8. The van der Waals surface area contributed by atoms with Crippen molar-refractivity contribution in [3.8, 4) is 0 Å². The molecular formula is C16H10F3NO5. The fraction of sp³-hybridized carbons (Fsp3) is 0.0625. The van der Waals surface area contributed by atoms with Crippen LogP contribution < -0.4 is 5.32 Å². The monoisotopic (exact) mass is 353 g/mol. The van der Waals surface area contributed by atoms with Crippen LogP contribution in [0.4, 0.5) is 18.9 Å². The molecule has 0 aliphatic heterocycles. The lowest BCUT2D eigenvalue weighted by molar-refractivity contribution is -0.137. The van der Waals surface area contributed by atoms with E-state index < -0.39 is 29.6 Å². The number of carbonyl (C=O) groups is 3. The van der Waals surface area contributed by atoms with Crippen LogP contribution in [0.3, 0.4) is 0 Å². The molecule has 0 aliphatic carbocycles. The fourth-order valence-corrected chi connectivity index (χ4v) is 1.96. The highest BCUT2D eigenvalue weighted by atomic mass is 19.4. The van der Waals surface area contributed by atoms with Gasteiger partial charge in [0, 0.05) is 11.3 Å². The van der Waals surface area contributed by atoms with Gasteiger partial charge in [-0.25, -0.2) is 9.59 Å². The van der Waals surface area contributed by atoms with Crippen LogP contribution in [-0.4, -0.2) is 28.1 Å². The van der Waals surface area contributed by atoms with Gasteiger partial charge in [0.2, 0.25) is 0 Å². The predicted molar refractivity (Wildman–Crippen MR) is 79.8 cm³/mol. The molecule has 0 aromatic heterocycles. The van der Waals surface area contributed by atoms with E-state index in [1.54, 1.807) is 0 Å². The van der Waals surface area contributed by atoms with Crippen LogP contribution in [0.1, 0.15) is 36.6 Å². The summed E-state index contributed by atoms with van der Waals surface area (Å²) in [6.45, 7) is 0. The van der Waals surface area contributed by atoms with E-state index in [9.17, 15) is 27.6 Å². The zero-order valence-electron chi connectivity index (χ0n) is 12.3. The standard InChI is InChI=1S/C16H10F3NO5/c17-16(18,19)11-3-1-8(2-4-11)13(21)20-12-6-9(14(22)23)5-10(7-12)15(24)25/h1-7H,(H,20,21)(H,22,23)(H,24,25). The average molecular weight is 353 g/mol. The van der Waals surface area contributed by atoms with E-state index in [0.717, 1.165) is 42.5 Å². The highest BCUT2D eigenvalue weighted by Gasteiger charge is 2.30. The summed E-state index contributed by atoms with van der Waals surface area (Å²) in [6, 6.07) is 6.36. The summed E-state index contributed by atoms with van der Waals surface area (Å²) >= 11 is 0. The Hall–Kier alpha value is -3.36.